The summed E-state index contributed by atoms with van der Waals surface area (Å²) in [7, 11) is 0. The molecule has 4 aromatic heterocycles. The normalized spacial score (nSPS) is 13.8. The summed E-state index contributed by atoms with van der Waals surface area (Å²) in [5.41, 5.74) is 2.68. The van der Waals surface area contributed by atoms with Crippen LogP contribution < -0.4 is 0 Å². The van der Waals surface area contributed by atoms with Gasteiger partial charge in [0.15, 0.2) is 0 Å². The molecule has 0 amide bonds. The van der Waals surface area contributed by atoms with Crippen molar-refractivity contribution in [1.82, 2.24) is 9.97 Å². The minimum atomic E-state index is 0.559. The van der Waals surface area contributed by atoms with Crippen LogP contribution in [-0.2, 0) is 0 Å². The number of aromatic nitrogens is 2. The molecule has 6 heteroatoms. The van der Waals surface area contributed by atoms with Gasteiger partial charge in [0.1, 0.15) is 0 Å². The van der Waals surface area contributed by atoms with Crippen LogP contribution in [0, 0.1) is 0 Å². The zero-order chi connectivity index (χ0) is 16.5. The average Bonchev–Trinajstić information content (AvgIpc) is 3.42. The summed E-state index contributed by atoms with van der Waals surface area (Å²) in [6, 6.07) is 17.8. The van der Waals surface area contributed by atoms with Gasteiger partial charge in [0.2, 0.25) is 32.6 Å². The first-order valence-corrected chi connectivity index (χ1v) is 12.1. The van der Waals surface area contributed by atoms with Crippen molar-refractivity contribution in [3.63, 3.8) is 0 Å². The van der Waals surface area contributed by atoms with E-state index in [1.807, 2.05) is 35.1 Å². The molecule has 0 aliphatic carbocycles. The second-order valence-corrected chi connectivity index (χ2v) is 10.6. The van der Waals surface area contributed by atoms with Gasteiger partial charge in [0.05, 0.1) is 0 Å². The van der Waals surface area contributed by atoms with Crippen LogP contribution in [0.5, 0.6) is 0 Å². The molecule has 24 heavy (non-hydrogen) atoms. The highest BCUT2D eigenvalue weighted by molar-refractivity contribution is 7.22. The zero-order valence-corrected chi connectivity index (χ0v) is 19.4. The molecular weight excluding hydrogens is 362 g/mol. The van der Waals surface area contributed by atoms with E-state index in [9.17, 15) is 0 Å². The molecule has 0 radical (unpaired) electrons. The second-order valence-electron chi connectivity index (χ2n) is 6.10. The van der Waals surface area contributed by atoms with Gasteiger partial charge in [-0.05, 0) is 58.1 Å². The van der Waals surface area contributed by atoms with Crippen molar-refractivity contribution in [1.29, 1.82) is 0 Å². The van der Waals surface area contributed by atoms with Crippen LogP contribution in [0.3, 0.4) is 0 Å². The Labute approximate surface area is 165 Å². The summed E-state index contributed by atoms with van der Waals surface area (Å²) in [6.07, 6.45) is 4.04. The quantitative estimate of drug-likeness (QED) is 0.496. The molecule has 0 fully saturated rings. The Morgan fingerprint density at radius 1 is 0.667 bits per heavy atom. The third kappa shape index (κ3) is 3.24. The van der Waals surface area contributed by atoms with E-state index < -0.39 is 0 Å². The van der Waals surface area contributed by atoms with E-state index in [1.165, 1.54) is 30.9 Å². The summed E-state index contributed by atoms with van der Waals surface area (Å²) in [5.74, 6) is 0. The molecule has 4 heterocycles. The lowest BCUT2D eigenvalue weighted by Gasteiger charge is -2.07. The highest BCUT2D eigenvalue weighted by atomic mass is 32.1. The lowest BCUT2D eigenvalue weighted by Crippen LogP contribution is -1.97. The Morgan fingerprint density at radius 2 is 1.12 bits per heavy atom. The van der Waals surface area contributed by atoms with Gasteiger partial charge in [-0.15, -0.1) is 22.7 Å². The standard InChI is InChI=1S/C18H14N2S2.2Al.4H/c1-3-13(19-9-1)11-15-5-7-17(21-15)18-8-6-16(22-18)12-14-4-2-10-20-14;;;;;;/h1-12,19-20H;;;;;;. The van der Waals surface area contributed by atoms with Gasteiger partial charge in [0.25, 0.3) is 0 Å². The van der Waals surface area contributed by atoms with Gasteiger partial charge in [-0.3, -0.25) is 0 Å². The van der Waals surface area contributed by atoms with Gasteiger partial charge in [-0.1, -0.05) is 0 Å². The average molecular weight is 380 g/mol. The monoisotopic (exact) mass is 380 g/mol. The smallest absolute Gasteiger partial charge is 0.234 e. The second kappa shape index (κ2) is 7.10. The molecule has 0 saturated carbocycles. The fraction of sp³-hybridized carbons (Fsp3) is 0.111. The van der Waals surface area contributed by atoms with Crippen LogP contribution in [0.15, 0.2) is 60.9 Å². The molecule has 0 bridgehead atoms. The maximum Gasteiger partial charge on any atom is 0.234 e. The fourth-order valence-electron chi connectivity index (χ4n) is 2.97. The molecule has 0 spiro atoms. The summed E-state index contributed by atoms with van der Waals surface area (Å²) in [6.45, 7) is 0. The molecule has 118 valence electrons. The molecule has 2 nitrogen and oxygen atoms in total. The van der Waals surface area contributed by atoms with Crippen LogP contribution in [0.4, 0.5) is 0 Å². The van der Waals surface area contributed by atoms with E-state index in [2.05, 4.69) is 58.5 Å². The molecule has 0 aliphatic rings. The Morgan fingerprint density at radius 3 is 1.50 bits per heavy atom. The van der Waals surface area contributed by atoms with Crippen molar-refractivity contribution in [2.75, 3.05) is 0 Å². The van der Waals surface area contributed by atoms with Crippen molar-refractivity contribution in [2.45, 2.75) is 9.56 Å². The highest BCUT2D eigenvalue weighted by Gasteiger charge is 2.15. The van der Waals surface area contributed by atoms with Crippen LogP contribution in [-0.4, -0.2) is 42.5 Å². The third-order valence-corrected chi connectivity index (χ3v) is 10.6. The number of hydrogen-bond donors (Lipinski definition) is 2. The van der Waals surface area contributed by atoms with Crippen molar-refractivity contribution >= 4 is 55.3 Å². The first kappa shape index (κ1) is 16.5. The molecule has 2 unspecified atom stereocenters. The first-order valence-electron chi connectivity index (χ1n) is 8.19. The van der Waals surface area contributed by atoms with Crippen molar-refractivity contribution in [3.8, 4) is 9.75 Å². The number of rotatable bonds is 5. The van der Waals surface area contributed by atoms with E-state index in [-0.39, 0.29) is 0 Å². The van der Waals surface area contributed by atoms with Crippen LogP contribution in [0.1, 0.15) is 30.7 Å². The lowest BCUT2D eigenvalue weighted by atomic mass is 10.2. The molecular formula is C18H18Al2N2S2. The number of hydrogen-bond acceptors (Lipinski definition) is 2. The highest BCUT2D eigenvalue weighted by Crippen LogP contribution is 2.38. The summed E-state index contributed by atoms with van der Waals surface area (Å²) in [5, 5.41) is 0. The van der Waals surface area contributed by atoms with E-state index in [1.54, 1.807) is 0 Å². The van der Waals surface area contributed by atoms with Gasteiger partial charge in [0, 0.05) is 43.3 Å². The van der Waals surface area contributed by atoms with Gasteiger partial charge in [-0.2, -0.15) is 0 Å². The maximum atomic E-state index is 3.36. The van der Waals surface area contributed by atoms with Crippen LogP contribution in [0.25, 0.3) is 9.75 Å². The van der Waals surface area contributed by atoms with Gasteiger partial charge >= 0.3 is 0 Å². The van der Waals surface area contributed by atoms with Crippen molar-refractivity contribution in [3.05, 3.63) is 82.1 Å². The summed E-state index contributed by atoms with van der Waals surface area (Å²) < 4.78 is 1.12. The minimum absolute atomic E-state index is 0.559. The first-order chi connectivity index (χ1) is 11.7. The Balaban J connectivity index is 1.57. The van der Waals surface area contributed by atoms with E-state index >= 15 is 0 Å². The summed E-state index contributed by atoms with van der Waals surface area (Å²) in [4.78, 5) is 12.5. The molecule has 2 atom stereocenters. The largest absolute Gasteiger partial charge is 0.366 e. The predicted molar refractivity (Wildman–Crippen MR) is 110 cm³/mol. The molecule has 0 aromatic carbocycles. The van der Waals surface area contributed by atoms with E-state index in [4.69, 9.17) is 0 Å². The Bertz CT molecular complexity index is 830. The van der Waals surface area contributed by atoms with Crippen molar-refractivity contribution < 1.29 is 0 Å². The fourth-order valence-corrected chi connectivity index (χ4v) is 7.03. The van der Waals surface area contributed by atoms with Crippen LogP contribution >= 0.6 is 22.7 Å². The molecule has 0 aliphatic heterocycles. The topological polar surface area (TPSA) is 31.6 Å². The maximum absolute atomic E-state index is 3.36. The van der Waals surface area contributed by atoms with E-state index in [0.717, 1.165) is 32.6 Å². The SMILES string of the molecule is [AlH2][CH](c1ccc[nH]1)c1ccc(-c2ccc([CH]([AlH2])c3ccc[nH]3)s2)s1. The number of aromatic amines is 2. The molecule has 4 rings (SSSR count). The molecule has 4 aromatic rings. The van der Waals surface area contributed by atoms with E-state index in [0.29, 0.717) is 9.56 Å². The zero-order valence-electron chi connectivity index (χ0n) is 13.7. The Hall–Kier alpha value is -0.975. The number of H-pyrrole nitrogens is 2. The number of thiophene rings is 2. The predicted octanol–water partition coefficient (Wildman–Crippen LogP) is 3.58. The van der Waals surface area contributed by atoms with Gasteiger partial charge in [-0.25, -0.2) is 0 Å². The van der Waals surface area contributed by atoms with Crippen LogP contribution in [0.2, 0.25) is 0 Å². The number of nitrogens with one attached hydrogen (secondary N) is 2. The molecule has 0 saturated heterocycles. The lowest BCUT2D eigenvalue weighted by molar-refractivity contribution is 1.09. The summed E-state index contributed by atoms with van der Waals surface area (Å²) >= 11 is 6.14. The van der Waals surface area contributed by atoms with Gasteiger partial charge < -0.3 is 9.97 Å². The Kier molecular flexibility index (Phi) is 4.88. The minimum Gasteiger partial charge on any atom is -0.366 e. The molecule has 2 N–H and O–H groups in total. The van der Waals surface area contributed by atoms with Crippen molar-refractivity contribution in [2.24, 2.45) is 0 Å². The third-order valence-electron chi connectivity index (χ3n) is 4.53.